The van der Waals surface area contributed by atoms with Crippen LogP contribution in [0.4, 0.5) is 0 Å². The molecule has 0 aromatic heterocycles. The fraction of sp³-hybridized carbons (Fsp3) is 0.647. The summed E-state index contributed by atoms with van der Waals surface area (Å²) in [6, 6.07) is 11.2. The van der Waals surface area contributed by atoms with Gasteiger partial charge in [-0.2, -0.15) is 0 Å². The highest BCUT2D eigenvalue weighted by Crippen LogP contribution is 2.27. The molecule has 0 bridgehead atoms. The number of aliphatic hydroxyl groups is 1. The lowest BCUT2D eigenvalue weighted by atomic mass is 9.98. The Morgan fingerprint density at radius 1 is 1.35 bits per heavy atom. The molecule has 1 aliphatic rings. The minimum atomic E-state index is -0.209. The van der Waals surface area contributed by atoms with Gasteiger partial charge in [-0.25, -0.2) is 0 Å². The molecule has 2 N–H and O–H groups in total. The highest BCUT2D eigenvalue weighted by molar-refractivity contribution is 5.21. The topological polar surface area (TPSA) is 35.5 Å². The molecule has 1 aromatic rings. The zero-order valence-corrected chi connectivity index (χ0v) is 13.0. The van der Waals surface area contributed by atoms with Crippen LogP contribution in [0.5, 0.6) is 0 Å². The number of likely N-dealkylation sites (tertiary alicyclic amines) is 1. The van der Waals surface area contributed by atoms with Crippen LogP contribution >= 0.6 is 0 Å². The Balaban J connectivity index is 1.92. The Morgan fingerprint density at radius 2 is 2.05 bits per heavy atom. The Bertz CT molecular complexity index is 407. The van der Waals surface area contributed by atoms with Crippen molar-refractivity contribution in [1.29, 1.82) is 0 Å². The van der Waals surface area contributed by atoms with Gasteiger partial charge in [0.15, 0.2) is 0 Å². The number of benzene rings is 1. The first kappa shape index (κ1) is 15.5. The SMILES string of the molecule is CC(C)NC(C)(CO)CN1CCC(c2ccccc2)C1. The Morgan fingerprint density at radius 3 is 2.65 bits per heavy atom. The van der Waals surface area contributed by atoms with Crippen molar-refractivity contribution in [2.75, 3.05) is 26.2 Å². The second kappa shape index (κ2) is 6.70. The normalized spacial score (nSPS) is 23.1. The van der Waals surface area contributed by atoms with E-state index in [4.69, 9.17) is 0 Å². The van der Waals surface area contributed by atoms with Gasteiger partial charge in [-0.3, -0.25) is 0 Å². The number of hydrogen-bond donors (Lipinski definition) is 2. The van der Waals surface area contributed by atoms with Gasteiger partial charge in [-0.15, -0.1) is 0 Å². The van der Waals surface area contributed by atoms with E-state index in [9.17, 15) is 5.11 Å². The predicted octanol–water partition coefficient (Wildman–Crippen LogP) is 2.22. The van der Waals surface area contributed by atoms with E-state index < -0.39 is 0 Å². The van der Waals surface area contributed by atoms with E-state index in [1.54, 1.807) is 0 Å². The predicted molar refractivity (Wildman–Crippen MR) is 84.0 cm³/mol. The fourth-order valence-corrected chi connectivity index (χ4v) is 3.31. The third-order valence-corrected chi connectivity index (χ3v) is 4.10. The van der Waals surface area contributed by atoms with Crippen LogP contribution < -0.4 is 5.32 Å². The second-order valence-corrected chi connectivity index (χ2v) is 6.65. The zero-order chi connectivity index (χ0) is 14.6. The second-order valence-electron chi connectivity index (χ2n) is 6.65. The molecule has 0 radical (unpaired) electrons. The van der Waals surface area contributed by atoms with Crippen molar-refractivity contribution < 1.29 is 5.11 Å². The highest BCUT2D eigenvalue weighted by Gasteiger charge is 2.31. The van der Waals surface area contributed by atoms with E-state index in [1.165, 1.54) is 12.0 Å². The fourth-order valence-electron chi connectivity index (χ4n) is 3.31. The summed E-state index contributed by atoms with van der Waals surface area (Å²) in [5.74, 6) is 0.637. The van der Waals surface area contributed by atoms with Gasteiger partial charge in [-0.05, 0) is 31.4 Å². The van der Waals surface area contributed by atoms with Gasteiger partial charge in [0.05, 0.1) is 12.1 Å². The van der Waals surface area contributed by atoms with Crippen molar-refractivity contribution in [2.24, 2.45) is 0 Å². The smallest absolute Gasteiger partial charge is 0.0623 e. The average molecular weight is 276 g/mol. The third kappa shape index (κ3) is 4.05. The molecule has 2 rings (SSSR count). The van der Waals surface area contributed by atoms with Gasteiger partial charge >= 0.3 is 0 Å². The summed E-state index contributed by atoms with van der Waals surface area (Å²) in [7, 11) is 0. The van der Waals surface area contributed by atoms with E-state index in [0.717, 1.165) is 19.6 Å². The maximum Gasteiger partial charge on any atom is 0.0623 e. The first-order valence-corrected chi connectivity index (χ1v) is 7.68. The molecule has 3 heteroatoms. The van der Waals surface area contributed by atoms with Crippen molar-refractivity contribution in [3.8, 4) is 0 Å². The molecule has 0 spiro atoms. The molecular formula is C17H28N2O. The van der Waals surface area contributed by atoms with Crippen molar-refractivity contribution in [1.82, 2.24) is 10.2 Å². The van der Waals surface area contributed by atoms with Gasteiger partial charge < -0.3 is 15.3 Å². The lowest BCUT2D eigenvalue weighted by Crippen LogP contribution is -2.55. The molecule has 1 heterocycles. The Kier molecular flexibility index (Phi) is 5.19. The minimum absolute atomic E-state index is 0.178. The zero-order valence-electron chi connectivity index (χ0n) is 13.0. The number of nitrogens with one attached hydrogen (secondary N) is 1. The molecule has 2 atom stereocenters. The summed E-state index contributed by atoms with van der Waals surface area (Å²) in [5, 5.41) is 13.2. The maximum absolute atomic E-state index is 9.69. The molecule has 1 saturated heterocycles. The van der Waals surface area contributed by atoms with Crippen molar-refractivity contribution in [3.63, 3.8) is 0 Å². The van der Waals surface area contributed by atoms with E-state index in [1.807, 2.05) is 0 Å². The summed E-state index contributed by atoms with van der Waals surface area (Å²) in [6.07, 6.45) is 1.22. The largest absolute Gasteiger partial charge is 0.394 e. The molecule has 20 heavy (non-hydrogen) atoms. The minimum Gasteiger partial charge on any atom is -0.394 e. The monoisotopic (exact) mass is 276 g/mol. The van der Waals surface area contributed by atoms with Crippen LogP contribution in [0.3, 0.4) is 0 Å². The van der Waals surface area contributed by atoms with E-state index in [2.05, 4.69) is 61.3 Å². The average Bonchev–Trinajstić information content (AvgIpc) is 2.87. The van der Waals surface area contributed by atoms with Crippen LogP contribution in [0, 0.1) is 0 Å². The molecule has 0 amide bonds. The summed E-state index contributed by atoms with van der Waals surface area (Å²) >= 11 is 0. The van der Waals surface area contributed by atoms with Gasteiger partial charge in [0.2, 0.25) is 0 Å². The summed E-state index contributed by atoms with van der Waals surface area (Å²) in [6.45, 7) is 9.68. The molecule has 1 fully saturated rings. The third-order valence-electron chi connectivity index (χ3n) is 4.10. The van der Waals surface area contributed by atoms with Crippen LogP contribution in [0.25, 0.3) is 0 Å². The number of rotatable bonds is 6. The van der Waals surface area contributed by atoms with Crippen LogP contribution in [0.1, 0.15) is 38.7 Å². The van der Waals surface area contributed by atoms with Crippen LogP contribution in [-0.4, -0.2) is 47.8 Å². The van der Waals surface area contributed by atoms with Gasteiger partial charge in [0, 0.05) is 19.1 Å². The molecule has 1 aliphatic heterocycles. The quantitative estimate of drug-likeness (QED) is 0.836. The van der Waals surface area contributed by atoms with E-state index in [0.29, 0.717) is 12.0 Å². The lowest BCUT2D eigenvalue weighted by Gasteiger charge is -2.35. The molecular weight excluding hydrogens is 248 g/mol. The van der Waals surface area contributed by atoms with Gasteiger partial charge in [-0.1, -0.05) is 44.2 Å². The van der Waals surface area contributed by atoms with E-state index in [-0.39, 0.29) is 12.1 Å². The number of hydrogen-bond acceptors (Lipinski definition) is 3. The summed E-state index contributed by atoms with van der Waals surface area (Å²) < 4.78 is 0. The molecule has 3 nitrogen and oxygen atoms in total. The van der Waals surface area contributed by atoms with Crippen LogP contribution in [-0.2, 0) is 0 Å². The summed E-state index contributed by atoms with van der Waals surface area (Å²) in [4.78, 5) is 2.48. The van der Waals surface area contributed by atoms with Gasteiger partial charge in [0.25, 0.3) is 0 Å². The first-order valence-electron chi connectivity index (χ1n) is 7.68. The van der Waals surface area contributed by atoms with Crippen LogP contribution in [0.15, 0.2) is 30.3 Å². The standard InChI is InChI=1S/C17H28N2O/c1-14(2)18-17(3,13-20)12-19-10-9-16(11-19)15-7-5-4-6-8-15/h4-8,14,16,18,20H,9-13H2,1-3H3. The Labute approximate surface area is 123 Å². The number of aliphatic hydroxyl groups excluding tert-OH is 1. The molecule has 0 aliphatic carbocycles. The van der Waals surface area contributed by atoms with Gasteiger partial charge in [0.1, 0.15) is 0 Å². The molecule has 2 unspecified atom stereocenters. The highest BCUT2D eigenvalue weighted by atomic mass is 16.3. The van der Waals surface area contributed by atoms with E-state index >= 15 is 0 Å². The molecule has 112 valence electrons. The van der Waals surface area contributed by atoms with Crippen molar-refractivity contribution in [3.05, 3.63) is 35.9 Å². The van der Waals surface area contributed by atoms with Crippen molar-refractivity contribution >= 4 is 0 Å². The number of nitrogens with zero attached hydrogens (tertiary/aromatic N) is 1. The van der Waals surface area contributed by atoms with Crippen LogP contribution in [0.2, 0.25) is 0 Å². The molecule has 0 saturated carbocycles. The van der Waals surface area contributed by atoms with Crippen molar-refractivity contribution in [2.45, 2.75) is 44.7 Å². The summed E-state index contributed by atoms with van der Waals surface area (Å²) in [5.41, 5.74) is 1.23. The molecule has 1 aromatic carbocycles. The first-order chi connectivity index (χ1) is 9.52. The lowest BCUT2D eigenvalue weighted by molar-refractivity contribution is 0.123. The Hall–Kier alpha value is -0.900. The maximum atomic E-state index is 9.69.